The third-order valence-corrected chi connectivity index (χ3v) is 11.4. The molecule has 0 amide bonds. The Morgan fingerprint density at radius 3 is 3.14 bits per heavy atom. The molecular formula is C25H23N6O4S2+. The highest BCUT2D eigenvalue weighted by molar-refractivity contribution is 8.04. The van der Waals surface area contributed by atoms with Gasteiger partial charge in [0.25, 0.3) is 0 Å². The summed E-state index contributed by atoms with van der Waals surface area (Å²) in [4.78, 5) is 35.6. The van der Waals surface area contributed by atoms with Crippen molar-refractivity contribution in [3.05, 3.63) is 39.1 Å². The molecule has 6 aliphatic rings. The number of fused-ring (bicyclic) bond motifs is 3. The topological polar surface area (TPSA) is 146 Å². The summed E-state index contributed by atoms with van der Waals surface area (Å²) >= 11 is 3.22. The predicted molar refractivity (Wildman–Crippen MR) is 140 cm³/mol. The number of nitrogens with one attached hydrogen (secondary N) is 1. The number of carbonyl (C=O) groups is 2. The number of benzene rings is 1. The highest BCUT2D eigenvalue weighted by Crippen LogP contribution is 2.65. The summed E-state index contributed by atoms with van der Waals surface area (Å²) in [5.74, 6) is -0.807. The van der Waals surface area contributed by atoms with Gasteiger partial charge in [-0.25, -0.2) is 9.56 Å². The Hall–Kier alpha value is -3.09. The molecule has 188 valence electrons. The minimum Gasteiger partial charge on any atom is -0.504 e. The molecule has 5 N–H and O–H groups in total. The van der Waals surface area contributed by atoms with Gasteiger partial charge in [0, 0.05) is 31.0 Å². The quantitative estimate of drug-likeness (QED) is 0.306. The molecule has 1 aromatic carbocycles. The molecule has 8 rings (SSSR count). The summed E-state index contributed by atoms with van der Waals surface area (Å²) < 4.78 is 4.04. The summed E-state index contributed by atoms with van der Waals surface area (Å²) in [7, 11) is 1.84. The molecule has 0 radical (unpaired) electrons. The lowest BCUT2D eigenvalue weighted by Gasteiger charge is -2.47. The van der Waals surface area contributed by atoms with Crippen molar-refractivity contribution in [2.24, 2.45) is 17.8 Å². The number of aromatic hydroxyl groups is 1. The van der Waals surface area contributed by atoms with E-state index in [1.807, 2.05) is 23.9 Å². The SMILES string of the molecule is Cn1cnc(SC2[C@@H]3C(=O)C=C4S[C@@H]5C[C@]42c2c(c(O)c4c6c2=[N+]3CCC=6C=N4)N5)c1C[C@H](N)C(=O)O. The van der Waals surface area contributed by atoms with E-state index in [-0.39, 0.29) is 28.6 Å². The first kappa shape index (κ1) is 21.9. The number of carbonyl (C=O) groups excluding carboxylic acids is 1. The minimum atomic E-state index is -1.06. The number of carboxylic acids is 1. The van der Waals surface area contributed by atoms with Crippen LogP contribution in [0.15, 0.2) is 27.3 Å². The molecule has 5 atom stereocenters. The van der Waals surface area contributed by atoms with E-state index in [0.717, 1.165) is 50.8 Å². The van der Waals surface area contributed by atoms with E-state index in [4.69, 9.17) is 5.73 Å². The Morgan fingerprint density at radius 1 is 1.49 bits per heavy atom. The van der Waals surface area contributed by atoms with E-state index in [1.165, 1.54) is 0 Å². The normalized spacial score (nSPS) is 29.9. The van der Waals surface area contributed by atoms with Crippen molar-refractivity contribution in [3.63, 3.8) is 0 Å². The van der Waals surface area contributed by atoms with Gasteiger partial charge < -0.3 is 25.8 Å². The maximum atomic E-state index is 13.8. The van der Waals surface area contributed by atoms with Gasteiger partial charge in [0.2, 0.25) is 17.2 Å². The van der Waals surface area contributed by atoms with Gasteiger partial charge in [-0.05, 0) is 18.1 Å². The number of anilines is 1. The van der Waals surface area contributed by atoms with Gasteiger partial charge in [-0.2, -0.15) is 0 Å². The molecular weight excluding hydrogens is 512 g/mol. The number of thioether (sulfide) groups is 2. The number of hydrogen-bond acceptors (Lipinski definition) is 9. The molecule has 1 spiro atoms. The number of allylic oxidation sites excluding steroid dienone is 1. The van der Waals surface area contributed by atoms with Crippen molar-refractivity contribution in [1.29, 1.82) is 0 Å². The first-order valence-corrected chi connectivity index (χ1v) is 14.0. The van der Waals surface area contributed by atoms with Gasteiger partial charge in [0.1, 0.15) is 23.3 Å². The van der Waals surface area contributed by atoms with Gasteiger partial charge in [-0.15, -0.1) is 11.8 Å². The van der Waals surface area contributed by atoms with Crippen molar-refractivity contribution in [2.45, 2.75) is 52.4 Å². The number of ketones is 1. The first-order valence-electron chi connectivity index (χ1n) is 12.2. The maximum Gasteiger partial charge on any atom is 0.320 e. The van der Waals surface area contributed by atoms with Crippen molar-refractivity contribution in [1.82, 2.24) is 14.1 Å². The van der Waals surface area contributed by atoms with Gasteiger partial charge in [0.15, 0.2) is 5.75 Å². The zero-order valence-corrected chi connectivity index (χ0v) is 21.4. The summed E-state index contributed by atoms with van der Waals surface area (Å²) in [5.41, 5.74) is 9.67. The molecule has 3 bridgehead atoms. The smallest absolute Gasteiger partial charge is 0.320 e. The molecule has 1 aliphatic carbocycles. The molecule has 10 nitrogen and oxygen atoms in total. The number of nitrogens with zero attached hydrogens (tertiary/aromatic N) is 4. The van der Waals surface area contributed by atoms with Gasteiger partial charge in [0.05, 0.1) is 44.5 Å². The zero-order chi connectivity index (χ0) is 25.4. The molecule has 1 aromatic heterocycles. The molecule has 37 heavy (non-hydrogen) atoms. The van der Waals surface area contributed by atoms with Crippen LogP contribution in [0.5, 0.6) is 5.75 Å². The lowest BCUT2D eigenvalue weighted by Crippen LogP contribution is -2.69. The summed E-state index contributed by atoms with van der Waals surface area (Å²) in [6.07, 6.45) is 7.05. The van der Waals surface area contributed by atoms with Crippen LogP contribution in [0.1, 0.15) is 24.1 Å². The Bertz CT molecular complexity index is 1690. The fraction of sp³-hybridized carbons (Fsp3) is 0.400. The van der Waals surface area contributed by atoms with E-state index >= 15 is 0 Å². The van der Waals surface area contributed by atoms with Crippen molar-refractivity contribution < 1.29 is 19.8 Å². The Kier molecular flexibility index (Phi) is 4.19. The van der Waals surface area contributed by atoms with Crippen LogP contribution in [-0.4, -0.2) is 67.0 Å². The third-order valence-electron chi connectivity index (χ3n) is 8.63. The summed E-state index contributed by atoms with van der Waals surface area (Å²) in [6, 6.07) is -1.45. The highest BCUT2D eigenvalue weighted by Gasteiger charge is 2.67. The summed E-state index contributed by atoms with van der Waals surface area (Å²) in [5, 5.41) is 26.9. The monoisotopic (exact) mass is 535 g/mol. The van der Waals surface area contributed by atoms with Crippen LogP contribution in [0, 0.1) is 0 Å². The Labute approximate surface area is 219 Å². The first-order chi connectivity index (χ1) is 17.8. The number of phenolic OH excluding ortho intramolecular Hbond substituents is 1. The average Bonchev–Trinajstić information content (AvgIpc) is 3.52. The minimum absolute atomic E-state index is 0.0251. The number of aromatic nitrogens is 2. The molecule has 1 unspecified atom stereocenters. The largest absolute Gasteiger partial charge is 0.504 e. The van der Waals surface area contributed by atoms with Crippen LogP contribution in [0.2, 0.25) is 0 Å². The van der Waals surface area contributed by atoms with E-state index in [1.54, 1.807) is 29.9 Å². The number of carboxylic acid groups (broad SMARTS) is 1. The second-order valence-electron chi connectivity index (χ2n) is 10.5. The van der Waals surface area contributed by atoms with Crippen LogP contribution in [0.25, 0.3) is 5.57 Å². The fourth-order valence-corrected chi connectivity index (χ4v) is 10.3. The number of aliphatic carboxylic acids is 1. The third kappa shape index (κ3) is 2.56. The number of imidazole rings is 1. The molecule has 1 fully saturated rings. The lowest BCUT2D eigenvalue weighted by atomic mass is 9.64. The molecule has 1 saturated heterocycles. The van der Waals surface area contributed by atoms with Crippen LogP contribution in [0.3, 0.4) is 0 Å². The van der Waals surface area contributed by atoms with Crippen molar-refractivity contribution >= 4 is 58.4 Å². The van der Waals surface area contributed by atoms with Gasteiger partial charge >= 0.3 is 5.97 Å². The van der Waals surface area contributed by atoms with Gasteiger partial charge in [-0.3, -0.25) is 14.6 Å². The van der Waals surface area contributed by atoms with E-state index in [0.29, 0.717) is 17.3 Å². The van der Waals surface area contributed by atoms with Crippen LogP contribution >= 0.6 is 23.5 Å². The van der Waals surface area contributed by atoms with Crippen molar-refractivity contribution in [2.75, 3.05) is 11.9 Å². The number of phenols is 1. The molecule has 0 saturated carbocycles. The molecule has 6 heterocycles. The zero-order valence-electron chi connectivity index (χ0n) is 19.8. The van der Waals surface area contributed by atoms with Crippen LogP contribution < -0.4 is 26.2 Å². The lowest BCUT2D eigenvalue weighted by molar-refractivity contribution is -0.138. The standard InChI is InChI=1S/C25H22N6O4S2/c1-30-8-28-23(11(30)4-10(26)24(34)35)37-22-19-12(32)5-13-25(22)6-14(36-13)29-18-16(25)20-15-9(2-3-31(19)20)7-27-17(15)21(18)33/h5,7-8,10,14,19,22H,2-4,6,26H2,1H3,(H2,27,29,33,34,35)/p+1/t10-,14+,19-,22?,25+/m0/s1. The fourth-order valence-electron chi connectivity index (χ4n) is 7.05. The van der Waals surface area contributed by atoms with E-state index in [9.17, 15) is 19.8 Å². The van der Waals surface area contributed by atoms with Gasteiger partial charge in [-0.1, -0.05) is 11.8 Å². The van der Waals surface area contributed by atoms with E-state index in [2.05, 4.69) is 19.9 Å². The number of hydrogen-bond donors (Lipinski definition) is 4. The predicted octanol–water partition coefficient (Wildman–Crippen LogP) is -0.0225. The second kappa shape index (κ2) is 7.06. The van der Waals surface area contributed by atoms with Crippen molar-refractivity contribution in [3.8, 4) is 5.75 Å². The number of nitrogens with two attached hydrogens (primary N) is 1. The molecule has 2 aromatic rings. The highest BCUT2D eigenvalue weighted by atomic mass is 32.2. The molecule has 12 heteroatoms. The Morgan fingerprint density at radius 2 is 2.32 bits per heavy atom. The summed E-state index contributed by atoms with van der Waals surface area (Å²) in [6.45, 7) is 0.688. The average molecular weight is 536 g/mol. The number of aryl methyl sites for hydroxylation is 1. The Balaban J connectivity index is 1.39. The maximum absolute atomic E-state index is 13.8. The second-order valence-corrected chi connectivity index (χ2v) is 12.8. The number of aliphatic imine (C=N–C) groups is 1. The van der Waals surface area contributed by atoms with Crippen LogP contribution in [-0.2, 0) is 28.5 Å². The molecule has 5 aliphatic heterocycles. The number of rotatable bonds is 5. The van der Waals surface area contributed by atoms with Crippen LogP contribution in [0.4, 0.5) is 11.4 Å². The van der Waals surface area contributed by atoms with E-state index < -0.39 is 23.5 Å².